The van der Waals surface area contributed by atoms with E-state index in [9.17, 15) is 5.26 Å². The fraction of sp³-hybridized carbons (Fsp3) is 0.0833. The van der Waals surface area contributed by atoms with Crippen molar-refractivity contribution in [3.05, 3.63) is 132 Å². The standard InChI is InChI=1S/C36H25N3S2/c1-36(2)27-15-13-23(22-37)19-33(27)41-34-20-26(14-16-28(34)36)31-17-18-32(40-31)30-21-29(24-9-5-3-6-10-24)38-35(39-30)25-11-7-4-8-12-25/h3-21H,1-2H3. The lowest BCUT2D eigenvalue weighted by atomic mass is 9.77. The maximum atomic E-state index is 9.45. The predicted molar refractivity (Wildman–Crippen MR) is 169 cm³/mol. The van der Waals surface area contributed by atoms with Crippen LogP contribution in [0.1, 0.15) is 30.5 Å². The predicted octanol–water partition coefficient (Wildman–Crippen LogP) is 9.87. The first-order valence-electron chi connectivity index (χ1n) is 13.5. The summed E-state index contributed by atoms with van der Waals surface area (Å²) in [6.07, 6.45) is 0. The van der Waals surface area contributed by atoms with Gasteiger partial charge in [0.1, 0.15) is 0 Å². The molecule has 4 aromatic carbocycles. The molecule has 0 radical (unpaired) electrons. The van der Waals surface area contributed by atoms with Crippen LogP contribution < -0.4 is 0 Å². The van der Waals surface area contributed by atoms with Crippen molar-refractivity contribution in [1.29, 1.82) is 5.26 Å². The Morgan fingerprint density at radius 1 is 0.610 bits per heavy atom. The molecule has 0 fully saturated rings. The van der Waals surface area contributed by atoms with Crippen molar-refractivity contribution in [3.63, 3.8) is 0 Å². The second-order valence-electron chi connectivity index (χ2n) is 10.6. The minimum atomic E-state index is -0.133. The van der Waals surface area contributed by atoms with Crippen LogP contribution in [0.4, 0.5) is 0 Å². The van der Waals surface area contributed by atoms with Gasteiger partial charge in [0, 0.05) is 31.2 Å². The molecular weight excluding hydrogens is 539 g/mol. The van der Waals surface area contributed by atoms with Crippen LogP contribution in [0, 0.1) is 11.3 Å². The smallest absolute Gasteiger partial charge is 0.160 e. The van der Waals surface area contributed by atoms with Crippen LogP contribution in [0.15, 0.2) is 125 Å². The van der Waals surface area contributed by atoms with Gasteiger partial charge in [0.25, 0.3) is 0 Å². The second kappa shape index (κ2) is 10.2. The Morgan fingerprint density at radius 2 is 1.24 bits per heavy atom. The number of hydrogen-bond acceptors (Lipinski definition) is 5. The van der Waals surface area contributed by atoms with E-state index in [1.54, 1.807) is 23.1 Å². The van der Waals surface area contributed by atoms with Gasteiger partial charge in [-0.05, 0) is 53.1 Å². The summed E-state index contributed by atoms with van der Waals surface area (Å²) in [4.78, 5) is 14.6. The zero-order valence-corrected chi connectivity index (χ0v) is 24.3. The Hall–Kier alpha value is -4.50. The maximum Gasteiger partial charge on any atom is 0.160 e. The third kappa shape index (κ3) is 4.66. The van der Waals surface area contributed by atoms with Crippen molar-refractivity contribution >= 4 is 23.1 Å². The van der Waals surface area contributed by atoms with Crippen LogP contribution in [0.3, 0.4) is 0 Å². The molecule has 5 heteroatoms. The van der Waals surface area contributed by atoms with E-state index in [1.807, 2.05) is 48.5 Å². The van der Waals surface area contributed by atoms with Crippen LogP contribution in [-0.2, 0) is 5.41 Å². The molecule has 0 spiro atoms. The van der Waals surface area contributed by atoms with E-state index in [0.717, 1.165) is 38.1 Å². The highest BCUT2D eigenvalue weighted by Crippen LogP contribution is 2.50. The van der Waals surface area contributed by atoms with Crippen molar-refractivity contribution in [1.82, 2.24) is 9.97 Å². The molecule has 0 bridgehead atoms. The van der Waals surface area contributed by atoms with E-state index in [0.29, 0.717) is 5.56 Å². The fourth-order valence-corrected chi connectivity index (χ4v) is 7.85. The third-order valence-electron chi connectivity index (χ3n) is 7.63. The molecular formula is C36H25N3S2. The highest BCUT2D eigenvalue weighted by molar-refractivity contribution is 7.99. The molecule has 0 atom stereocenters. The molecule has 0 saturated heterocycles. The van der Waals surface area contributed by atoms with Gasteiger partial charge in [-0.25, -0.2) is 9.97 Å². The van der Waals surface area contributed by atoms with Gasteiger partial charge in [0.15, 0.2) is 5.82 Å². The molecule has 0 amide bonds. The van der Waals surface area contributed by atoms with Crippen molar-refractivity contribution in [2.75, 3.05) is 0 Å². The highest BCUT2D eigenvalue weighted by Gasteiger charge is 2.33. The number of hydrogen-bond donors (Lipinski definition) is 0. The average molecular weight is 564 g/mol. The Labute approximate surface area is 248 Å². The quantitative estimate of drug-likeness (QED) is 0.214. The first-order chi connectivity index (χ1) is 20.0. The number of fused-ring (bicyclic) bond motifs is 2. The number of aromatic nitrogens is 2. The van der Waals surface area contributed by atoms with Gasteiger partial charge >= 0.3 is 0 Å². The zero-order chi connectivity index (χ0) is 28.0. The SMILES string of the molecule is CC1(C)c2ccc(C#N)cc2Sc2cc(-c3ccc(-c4cc(-c5ccccc5)nc(-c5ccccc5)n4)s3)ccc21. The van der Waals surface area contributed by atoms with E-state index in [4.69, 9.17) is 9.97 Å². The zero-order valence-electron chi connectivity index (χ0n) is 22.6. The summed E-state index contributed by atoms with van der Waals surface area (Å²) in [5.74, 6) is 0.722. The summed E-state index contributed by atoms with van der Waals surface area (Å²) in [5, 5.41) is 9.45. The van der Waals surface area contributed by atoms with Crippen LogP contribution in [0.2, 0.25) is 0 Å². The van der Waals surface area contributed by atoms with Crippen LogP contribution in [0.25, 0.3) is 43.7 Å². The number of rotatable bonds is 4. The highest BCUT2D eigenvalue weighted by atomic mass is 32.2. The average Bonchev–Trinajstić information content (AvgIpc) is 3.52. The number of nitriles is 1. The summed E-state index contributed by atoms with van der Waals surface area (Å²) in [7, 11) is 0. The molecule has 0 N–H and O–H groups in total. The lowest BCUT2D eigenvalue weighted by molar-refractivity contribution is 0.607. The van der Waals surface area contributed by atoms with Crippen molar-refractivity contribution in [2.45, 2.75) is 29.1 Å². The van der Waals surface area contributed by atoms with Crippen LogP contribution >= 0.6 is 23.1 Å². The van der Waals surface area contributed by atoms with Gasteiger partial charge in [-0.1, -0.05) is 104 Å². The second-order valence-corrected chi connectivity index (χ2v) is 12.8. The van der Waals surface area contributed by atoms with Gasteiger partial charge in [0.2, 0.25) is 0 Å². The maximum absolute atomic E-state index is 9.45. The number of thiophene rings is 1. The Bertz CT molecular complexity index is 1890. The van der Waals surface area contributed by atoms with Gasteiger partial charge in [-0.15, -0.1) is 11.3 Å². The summed E-state index contributed by atoms with van der Waals surface area (Å²) in [6.45, 7) is 4.53. The van der Waals surface area contributed by atoms with E-state index in [-0.39, 0.29) is 5.41 Å². The molecule has 41 heavy (non-hydrogen) atoms. The molecule has 6 aromatic rings. The minimum Gasteiger partial charge on any atom is -0.228 e. The van der Waals surface area contributed by atoms with E-state index < -0.39 is 0 Å². The van der Waals surface area contributed by atoms with Crippen molar-refractivity contribution in [3.8, 4) is 49.7 Å². The molecule has 196 valence electrons. The number of benzene rings is 4. The molecule has 2 aromatic heterocycles. The lowest BCUT2D eigenvalue weighted by Gasteiger charge is -2.34. The van der Waals surface area contributed by atoms with E-state index >= 15 is 0 Å². The summed E-state index contributed by atoms with van der Waals surface area (Å²) in [6, 6.07) is 42.0. The fourth-order valence-electron chi connectivity index (χ4n) is 5.41. The molecule has 7 rings (SSSR count). The molecule has 0 aliphatic carbocycles. The first-order valence-corrected chi connectivity index (χ1v) is 15.1. The topological polar surface area (TPSA) is 49.6 Å². The summed E-state index contributed by atoms with van der Waals surface area (Å²) in [5.41, 5.74) is 8.23. The van der Waals surface area contributed by atoms with Gasteiger partial charge in [-0.3, -0.25) is 0 Å². The molecule has 0 unspecified atom stereocenters. The summed E-state index contributed by atoms with van der Waals surface area (Å²) < 4.78 is 0. The van der Waals surface area contributed by atoms with Gasteiger partial charge in [0.05, 0.1) is 27.9 Å². The third-order valence-corrected chi connectivity index (χ3v) is 9.90. The Balaban J connectivity index is 1.28. The van der Waals surface area contributed by atoms with Crippen molar-refractivity contribution < 1.29 is 0 Å². The Morgan fingerprint density at radius 3 is 1.98 bits per heavy atom. The lowest BCUT2D eigenvalue weighted by Crippen LogP contribution is -2.23. The van der Waals surface area contributed by atoms with Gasteiger partial charge in [-0.2, -0.15) is 5.26 Å². The summed E-state index contributed by atoms with van der Waals surface area (Å²) >= 11 is 3.50. The molecule has 3 heterocycles. The normalized spacial score (nSPS) is 13.2. The minimum absolute atomic E-state index is 0.133. The largest absolute Gasteiger partial charge is 0.228 e. The molecule has 1 aliphatic rings. The van der Waals surface area contributed by atoms with Crippen LogP contribution in [0.5, 0.6) is 0 Å². The van der Waals surface area contributed by atoms with Crippen LogP contribution in [-0.4, -0.2) is 9.97 Å². The molecule has 0 saturated carbocycles. The first kappa shape index (κ1) is 25.5. The van der Waals surface area contributed by atoms with Gasteiger partial charge < -0.3 is 0 Å². The van der Waals surface area contributed by atoms with E-state index in [2.05, 4.69) is 86.6 Å². The van der Waals surface area contributed by atoms with Crippen molar-refractivity contribution in [2.24, 2.45) is 0 Å². The monoisotopic (exact) mass is 563 g/mol. The number of nitrogens with zero attached hydrogens (tertiary/aromatic N) is 3. The Kier molecular flexibility index (Phi) is 6.31. The molecule has 1 aliphatic heterocycles. The molecule has 3 nitrogen and oxygen atoms in total. The van der Waals surface area contributed by atoms with E-state index in [1.165, 1.54) is 26.5 Å².